The molecule has 0 aromatic carbocycles. The Balaban J connectivity index is 1.38. The van der Waals surface area contributed by atoms with E-state index in [1.807, 2.05) is 6.07 Å². The molecule has 2 aliphatic rings. The second-order valence-corrected chi connectivity index (χ2v) is 9.51. The van der Waals surface area contributed by atoms with Crippen molar-refractivity contribution in [2.75, 3.05) is 30.9 Å². The summed E-state index contributed by atoms with van der Waals surface area (Å²) in [5, 5.41) is 10.9. The number of hydrogen-bond donors (Lipinski definition) is 3. The van der Waals surface area contributed by atoms with Crippen LogP contribution in [0.15, 0.2) is 24.5 Å². The number of hydrogen-bond acceptors (Lipinski definition) is 6. The van der Waals surface area contributed by atoms with Gasteiger partial charge in [-0.2, -0.15) is 0 Å². The standard InChI is InChI=1S/C24H33ClFN5O/c1-15(14-32-2)30-18-5-7-19(8-6-18)31-23-10-20(21(26)13-28-23)17-9-22(24(25)29-12-17)27-11-16-3-4-16/h9-10,12-13,15-16,18-19,27,30H,3-8,11,14H2,1-2H3,(H,28,31). The number of methoxy groups -OCH3 is 1. The van der Waals surface area contributed by atoms with Crippen LogP contribution in [0, 0.1) is 11.7 Å². The molecule has 3 N–H and O–H groups in total. The maximum Gasteiger partial charge on any atom is 0.152 e. The molecule has 0 spiro atoms. The molecule has 2 saturated carbocycles. The van der Waals surface area contributed by atoms with Gasteiger partial charge in [0, 0.05) is 49.1 Å². The topological polar surface area (TPSA) is 71.1 Å². The second kappa shape index (κ2) is 10.8. The molecule has 6 nitrogen and oxygen atoms in total. The number of nitrogens with zero attached hydrogens (tertiary/aromatic N) is 2. The highest BCUT2D eigenvalue weighted by atomic mass is 35.5. The van der Waals surface area contributed by atoms with Crippen molar-refractivity contribution in [2.45, 2.75) is 63.6 Å². The number of rotatable bonds is 10. The highest BCUT2D eigenvalue weighted by molar-refractivity contribution is 6.32. The average molecular weight is 462 g/mol. The van der Waals surface area contributed by atoms with Gasteiger partial charge in [0.05, 0.1) is 18.5 Å². The highest BCUT2D eigenvalue weighted by Crippen LogP contribution is 2.33. The Morgan fingerprint density at radius 1 is 1.09 bits per heavy atom. The van der Waals surface area contributed by atoms with E-state index in [9.17, 15) is 4.39 Å². The summed E-state index contributed by atoms with van der Waals surface area (Å²) >= 11 is 6.24. The molecule has 1 atom stereocenters. The number of pyridine rings is 2. The molecule has 2 aliphatic carbocycles. The molecule has 4 rings (SSSR count). The molecular formula is C24H33ClFN5O. The minimum atomic E-state index is -0.368. The Labute approximate surface area is 194 Å². The van der Waals surface area contributed by atoms with E-state index in [1.165, 1.54) is 19.0 Å². The first-order valence-corrected chi connectivity index (χ1v) is 12.0. The first-order valence-electron chi connectivity index (χ1n) is 11.6. The Kier molecular flexibility index (Phi) is 7.81. The molecule has 0 saturated heterocycles. The number of aromatic nitrogens is 2. The molecule has 8 heteroatoms. The van der Waals surface area contributed by atoms with Crippen LogP contribution in [-0.4, -0.2) is 48.4 Å². The molecule has 32 heavy (non-hydrogen) atoms. The second-order valence-electron chi connectivity index (χ2n) is 9.15. The van der Waals surface area contributed by atoms with Crippen LogP contribution in [0.3, 0.4) is 0 Å². The van der Waals surface area contributed by atoms with Gasteiger partial charge < -0.3 is 20.7 Å². The summed E-state index contributed by atoms with van der Waals surface area (Å²) in [5.74, 6) is 1.03. The van der Waals surface area contributed by atoms with Crippen molar-refractivity contribution in [3.05, 3.63) is 35.5 Å². The van der Waals surface area contributed by atoms with Crippen molar-refractivity contribution in [1.29, 1.82) is 0 Å². The molecule has 0 bridgehead atoms. The van der Waals surface area contributed by atoms with Gasteiger partial charge in [-0.15, -0.1) is 0 Å². The minimum Gasteiger partial charge on any atom is -0.383 e. The monoisotopic (exact) mass is 461 g/mol. The molecule has 2 aromatic rings. The van der Waals surface area contributed by atoms with Gasteiger partial charge in [0.2, 0.25) is 0 Å². The van der Waals surface area contributed by atoms with E-state index in [4.69, 9.17) is 16.3 Å². The Hall–Kier alpha value is -1.96. The number of nitrogens with one attached hydrogen (secondary N) is 3. The van der Waals surface area contributed by atoms with Crippen molar-refractivity contribution in [3.8, 4) is 11.1 Å². The van der Waals surface area contributed by atoms with Gasteiger partial charge in [-0.3, -0.25) is 0 Å². The van der Waals surface area contributed by atoms with Crippen LogP contribution < -0.4 is 16.0 Å². The first-order chi connectivity index (χ1) is 15.5. The maximum atomic E-state index is 14.6. The normalized spacial score (nSPS) is 21.9. The molecule has 2 aromatic heterocycles. The summed E-state index contributed by atoms with van der Waals surface area (Å²) in [7, 11) is 1.73. The summed E-state index contributed by atoms with van der Waals surface area (Å²) < 4.78 is 19.8. The van der Waals surface area contributed by atoms with Crippen molar-refractivity contribution in [2.24, 2.45) is 5.92 Å². The van der Waals surface area contributed by atoms with E-state index in [0.29, 0.717) is 46.1 Å². The zero-order chi connectivity index (χ0) is 22.5. The van der Waals surface area contributed by atoms with Crippen LogP contribution in [0.5, 0.6) is 0 Å². The maximum absolute atomic E-state index is 14.6. The molecular weight excluding hydrogens is 429 g/mol. The lowest BCUT2D eigenvalue weighted by Crippen LogP contribution is -2.42. The molecule has 0 amide bonds. The summed E-state index contributed by atoms with van der Waals surface area (Å²) in [5.41, 5.74) is 1.91. The molecule has 2 heterocycles. The van der Waals surface area contributed by atoms with E-state index in [1.54, 1.807) is 19.4 Å². The third-order valence-electron chi connectivity index (χ3n) is 6.30. The number of halogens is 2. The first kappa shape index (κ1) is 23.2. The van der Waals surface area contributed by atoms with Gasteiger partial charge in [0.1, 0.15) is 11.6 Å². The van der Waals surface area contributed by atoms with Gasteiger partial charge in [-0.05, 0) is 63.5 Å². The van der Waals surface area contributed by atoms with Gasteiger partial charge in [0.15, 0.2) is 5.15 Å². The number of ether oxygens (including phenoxy) is 1. The highest BCUT2D eigenvalue weighted by Gasteiger charge is 2.23. The molecule has 174 valence electrons. The van der Waals surface area contributed by atoms with Gasteiger partial charge in [0.25, 0.3) is 0 Å². The van der Waals surface area contributed by atoms with E-state index in [0.717, 1.165) is 44.5 Å². The van der Waals surface area contributed by atoms with Gasteiger partial charge >= 0.3 is 0 Å². The summed E-state index contributed by atoms with van der Waals surface area (Å²) in [6.45, 7) is 3.74. The minimum absolute atomic E-state index is 0.329. The molecule has 0 aliphatic heterocycles. The van der Waals surface area contributed by atoms with E-state index in [-0.39, 0.29) is 5.82 Å². The lowest BCUT2D eigenvalue weighted by atomic mass is 9.90. The van der Waals surface area contributed by atoms with E-state index < -0.39 is 0 Å². The average Bonchev–Trinajstić information content (AvgIpc) is 3.61. The fraction of sp³-hybridized carbons (Fsp3) is 0.583. The van der Waals surface area contributed by atoms with Gasteiger partial charge in [-0.25, -0.2) is 14.4 Å². The number of anilines is 2. The van der Waals surface area contributed by atoms with E-state index in [2.05, 4.69) is 32.8 Å². The quantitative estimate of drug-likeness (QED) is 0.427. The van der Waals surface area contributed by atoms with Crippen molar-refractivity contribution < 1.29 is 9.13 Å². The van der Waals surface area contributed by atoms with E-state index >= 15 is 0 Å². The Bertz CT molecular complexity index is 902. The zero-order valence-electron chi connectivity index (χ0n) is 18.8. The molecule has 2 fully saturated rings. The summed E-state index contributed by atoms with van der Waals surface area (Å²) in [6.07, 6.45) is 9.67. The van der Waals surface area contributed by atoms with Crippen LogP contribution in [0.2, 0.25) is 5.15 Å². The Morgan fingerprint density at radius 2 is 1.84 bits per heavy atom. The molecule has 0 radical (unpaired) electrons. The third-order valence-corrected chi connectivity index (χ3v) is 6.60. The lowest BCUT2D eigenvalue weighted by molar-refractivity contribution is 0.161. The van der Waals surface area contributed by atoms with Crippen molar-refractivity contribution in [3.63, 3.8) is 0 Å². The lowest BCUT2D eigenvalue weighted by Gasteiger charge is -2.31. The van der Waals surface area contributed by atoms with Crippen LogP contribution in [0.4, 0.5) is 15.9 Å². The predicted molar refractivity (Wildman–Crippen MR) is 128 cm³/mol. The van der Waals surface area contributed by atoms with Crippen molar-refractivity contribution >= 4 is 23.1 Å². The third kappa shape index (κ3) is 6.30. The smallest absolute Gasteiger partial charge is 0.152 e. The van der Waals surface area contributed by atoms with Crippen LogP contribution in [0.25, 0.3) is 11.1 Å². The van der Waals surface area contributed by atoms with Crippen LogP contribution in [0.1, 0.15) is 45.4 Å². The summed E-state index contributed by atoms with van der Waals surface area (Å²) in [4.78, 5) is 8.54. The zero-order valence-corrected chi connectivity index (χ0v) is 19.6. The largest absolute Gasteiger partial charge is 0.383 e. The fourth-order valence-electron chi connectivity index (χ4n) is 4.35. The SMILES string of the molecule is COCC(C)NC1CCC(Nc2cc(-c3cnc(Cl)c(NCC4CC4)c3)c(F)cn2)CC1. The Morgan fingerprint density at radius 3 is 2.56 bits per heavy atom. The fourth-order valence-corrected chi connectivity index (χ4v) is 4.52. The van der Waals surface area contributed by atoms with Crippen molar-refractivity contribution in [1.82, 2.24) is 15.3 Å². The van der Waals surface area contributed by atoms with Gasteiger partial charge in [-0.1, -0.05) is 11.6 Å². The van der Waals surface area contributed by atoms with Crippen LogP contribution in [-0.2, 0) is 4.74 Å². The predicted octanol–water partition coefficient (Wildman–Crippen LogP) is 5.11. The summed E-state index contributed by atoms with van der Waals surface area (Å²) in [6, 6.07) is 4.84. The molecule has 1 unspecified atom stereocenters. The van der Waals surface area contributed by atoms with Crippen LogP contribution >= 0.6 is 11.6 Å².